The van der Waals surface area contributed by atoms with Gasteiger partial charge in [-0.2, -0.15) is 0 Å². The highest BCUT2D eigenvalue weighted by Crippen LogP contribution is 2.47. The number of thioether (sulfide) groups is 1. The molecule has 1 heterocycles. The minimum absolute atomic E-state index is 0.271. The van der Waals surface area contributed by atoms with Crippen molar-refractivity contribution in [1.82, 2.24) is 0 Å². The lowest BCUT2D eigenvalue weighted by molar-refractivity contribution is -0.144. The van der Waals surface area contributed by atoms with Crippen molar-refractivity contribution in [2.75, 3.05) is 5.75 Å². The molecule has 1 rings (SSSR count). The molecular weight excluding hydrogens is 156 g/mol. The second-order valence-electron chi connectivity index (χ2n) is 2.16. The fraction of sp³-hybridized carbons (Fsp3) is 0.600. The third kappa shape index (κ3) is 1.23. The van der Waals surface area contributed by atoms with Crippen molar-refractivity contribution in [3.05, 3.63) is 0 Å². The maximum absolute atomic E-state index is 10.3. The summed E-state index contributed by atoms with van der Waals surface area (Å²) in [6, 6.07) is 0. The van der Waals surface area contributed by atoms with Gasteiger partial charge in [-0.05, 0) is 0 Å². The van der Waals surface area contributed by atoms with Gasteiger partial charge in [0, 0.05) is 5.75 Å². The van der Waals surface area contributed by atoms with Crippen molar-refractivity contribution >= 4 is 23.7 Å². The summed E-state index contributed by atoms with van der Waals surface area (Å²) >= 11 is 1.17. The molecule has 56 valence electrons. The van der Waals surface area contributed by atoms with Crippen LogP contribution in [0.25, 0.3) is 0 Å². The van der Waals surface area contributed by atoms with Gasteiger partial charge in [-0.1, -0.05) is 0 Å². The lowest BCUT2D eigenvalue weighted by Gasteiger charge is -2.01. The van der Waals surface area contributed by atoms with E-state index in [9.17, 15) is 9.59 Å². The number of rotatable bonds is 3. The summed E-state index contributed by atoms with van der Waals surface area (Å²) < 4.78 is -0.994. The molecule has 1 fully saturated rings. The average Bonchev–Trinajstić information content (AvgIpc) is 2.46. The Kier molecular flexibility index (Phi) is 1.60. The van der Waals surface area contributed by atoms with Crippen molar-refractivity contribution < 1.29 is 19.8 Å². The molecule has 1 aliphatic heterocycles. The van der Waals surface area contributed by atoms with E-state index in [2.05, 4.69) is 0 Å². The molecule has 0 aromatic heterocycles. The first kappa shape index (κ1) is 7.40. The first-order valence-electron chi connectivity index (χ1n) is 2.66. The van der Waals surface area contributed by atoms with Crippen molar-refractivity contribution in [3.8, 4) is 0 Å². The van der Waals surface area contributed by atoms with Crippen LogP contribution in [0.2, 0.25) is 0 Å². The van der Waals surface area contributed by atoms with E-state index in [0.717, 1.165) is 0 Å². The second kappa shape index (κ2) is 2.16. The van der Waals surface area contributed by atoms with Crippen LogP contribution in [0.5, 0.6) is 0 Å². The van der Waals surface area contributed by atoms with Crippen LogP contribution >= 0.6 is 11.8 Å². The third-order valence-electron chi connectivity index (χ3n) is 1.32. The molecule has 1 unspecified atom stereocenters. The summed E-state index contributed by atoms with van der Waals surface area (Å²) in [7, 11) is 0. The standard InChI is InChI=1S/C5H6O4S/c6-3(7)1-5(2-10-5)4(8)9/h1-2H2,(H,6,7)(H,8,9). The van der Waals surface area contributed by atoms with E-state index in [0.29, 0.717) is 5.75 Å². The van der Waals surface area contributed by atoms with Crippen LogP contribution in [0, 0.1) is 0 Å². The molecule has 0 aromatic rings. The van der Waals surface area contributed by atoms with Crippen molar-refractivity contribution in [1.29, 1.82) is 0 Å². The Bertz CT molecular complexity index is 184. The zero-order valence-corrected chi connectivity index (χ0v) is 5.85. The van der Waals surface area contributed by atoms with E-state index in [1.165, 1.54) is 11.8 Å². The van der Waals surface area contributed by atoms with Gasteiger partial charge in [0.05, 0.1) is 6.42 Å². The fourth-order valence-electron chi connectivity index (χ4n) is 0.633. The molecule has 1 aliphatic rings. The minimum atomic E-state index is -1.05. The first-order valence-corrected chi connectivity index (χ1v) is 3.64. The van der Waals surface area contributed by atoms with Gasteiger partial charge in [0.2, 0.25) is 0 Å². The highest BCUT2D eigenvalue weighted by molar-refractivity contribution is 8.08. The van der Waals surface area contributed by atoms with Crippen molar-refractivity contribution in [2.24, 2.45) is 0 Å². The SMILES string of the molecule is O=C(O)CC1(C(=O)O)CS1. The average molecular weight is 162 g/mol. The van der Waals surface area contributed by atoms with E-state index in [-0.39, 0.29) is 6.42 Å². The van der Waals surface area contributed by atoms with Gasteiger partial charge >= 0.3 is 11.9 Å². The first-order chi connectivity index (χ1) is 4.57. The Hall–Kier alpha value is -0.710. The summed E-state index contributed by atoms with van der Waals surface area (Å²) in [6.07, 6.45) is -0.271. The van der Waals surface area contributed by atoms with E-state index >= 15 is 0 Å². The molecule has 0 radical (unpaired) electrons. The largest absolute Gasteiger partial charge is 0.481 e. The van der Waals surface area contributed by atoms with Gasteiger partial charge < -0.3 is 10.2 Å². The third-order valence-corrected chi connectivity index (χ3v) is 2.62. The van der Waals surface area contributed by atoms with E-state index in [1.54, 1.807) is 0 Å². The molecule has 0 bridgehead atoms. The molecule has 2 N–H and O–H groups in total. The molecule has 0 aliphatic carbocycles. The normalized spacial score (nSPS) is 29.6. The van der Waals surface area contributed by atoms with Crippen LogP contribution in [-0.4, -0.2) is 32.7 Å². The van der Waals surface area contributed by atoms with Gasteiger partial charge in [-0.15, -0.1) is 11.8 Å². The van der Waals surface area contributed by atoms with E-state index < -0.39 is 16.7 Å². The molecule has 0 amide bonds. The summed E-state index contributed by atoms with van der Waals surface area (Å²) in [5.41, 5.74) is 0. The van der Waals surface area contributed by atoms with Crippen LogP contribution in [0.4, 0.5) is 0 Å². The number of carbonyl (C=O) groups is 2. The zero-order chi connectivity index (χ0) is 7.78. The van der Waals surface area contributed by atoms with Crippen LogP contribution in [0.15, 0.2) is 0 Å². The lowest BCUT2D eigenvalue weighted by atomic mass is 10.1. The van der Waals surface area contributed by atoms with Crippen molar-refractivity contribution in [2.45, 2.75) is 11.2 Å². The van der Waals surface area contributed by atoms with Crippen LogP contribution in [0.3, 0.4) is 0 Å². The van der Waals surface area contributed by atoms with Crippen LogP contribution in [-0.2, 0) is 9.59 Å². The van der Waals surface area contributed by atoms with E-state index in [1.807, 2.05) is 0 Å². The van der Waals surface area contributed by atoms with Gasteiger partial charge in [0.15, 0.2) is 0 Å². The highest BCUT2D eigenvalue weighted by atomic mass is 32.2. The second-order valence-corrected chi connectivity index (χ2v) is 3.52. The predicted octanol–water partition coefficient (Wildman–Crippen LogP) is 0.0313. The topological polar surface area (TPSA) is 74.6 Å². The highest BCUT2D eigenvalue weighted by Gasteiger charge is 2.53. The van der Waals surface area contributed by atoms with Gasteiger partial charge in [0.25, 0.3) is 0 Å². The molecule has 0 aromatic carbocycles. The monoisotopic (exact) mass is 162 g/mol. The molecule has 10 heavy (non-hydrogen) atoms. The predicted molar refractivity (Wildman–Crippen MR) is 35.1 cm³/mol. The maximum atomic E-state index is 10.3. The fourth-order valence-corrected chi connectivity index (χ4v) is 1.38. The summed E-state index contributed by atoms with van der Waals surface area (Å²) in [5, 5.41) is 16.7. The molecule has 5 heteroatoms. The lowest BCUT2D eigenvalue weighted by Crippen LogP contribution is -2.25. The number of hydrogen-bond donors (Lipinski definition) is 2. The summed E-state index contributed by atoms with van der Waals surface area (Å²) in [5.74, 6) is -1.64. The molecule has 4 nitrogen and oxygen atoms in total. The van der Waals surface area contributed by atoms with Crippen LogP contribution < -0.4 is 0 Å². The van der Waals surface area contributed by atoms with E-state index in [4.69, 9.17) is 10.2 Å². The molecule has 0 saturated carbocycles. The Morgan fingerprint density at radius 1 is 1.50 bits per heavy atom. The molecule has 1 atom stereocenters. The smallest absolute Gasteiger partial charge is 0.321 e. The number of carboxylic acids is 2. The molecule has 1 saturated heterocycles. The summed E-state index contributed by atoms with van der Waals surface area (Å²) in [4.78, 5) is 20.4. The zero-order valence-electron chi connectivity index (χ0n) is 5.03. The Morgan fingerprint density at radius 2 is 2.00 bits per heavy atom. The number of aliphatic carboxylic acids is 2. The maximum Gasteiger partial charge on any atom is 0.321 e. The molecular formula is C5H6O4S. The molecule has 0 spiro atoms. The van der Waals surface area contributed by atoms with Gasteiger partial charge in [0.1, 0.15) is 4.75 Å². The number of carboxylic acid groups (broad SMARTS) is 2. The Balaban J connectivity index is 2.53. The van der Waals surface area contributed by atoms with Crippen molar-refractivity contribution in [3.63, 3.8) is 0 Å². The van der Waals surface area contributed by atoms with Gasteiger partial charge in [-0.25, -0.2) is 0 Å². The number of hydrogen-bond acceptors (Lipinski definition) is 3. The minimum Gasteiger partial charge on any atom is -0.481 e. The Labute approximate surface area is 61.2 Å². The quantitative estimate of drug-likeness (QED) is 0.573. The van der Waals surface area contributed by atoms with Crippen LogP contribution in [0.1, 0.15) is 6.42 Å². The van der Waals surface area contributed by atoms with Gasteiger partial charge in [-0.3, -0.25) is 9.59 Å². The summed E-state index contributed by atoms with van der Waals surface area (Å²) in [6.45, 7) is 0. The Morgan fingerprint density at radius 3 is 2.10 bits per heavy atom.